The maximum Gasteiger partial charge on any atom is 0.257 e. The molecule has 1 heterocycles. The molecule has 128 valence electrons. The average molecular weight is 355 g/mol. The zero-order chi connectivity index (χ0) is 18.0. The molecule has 0 saturated heterocycles. The van der Waals surface area contributed by atoms with Gasteiger partial charge in [-0.15, -0.1) is 11.3 Å². The third-order valence-corrected chi connectivity index (χ3v) is 4.65. The Morgan fingerprint density at radius 2 is 1.88 bits per heavy atom. The van der Waals surface area contributed by atoms with Crippen molar-refractivity contribution in [2.45, 2.75) is 6.92 Å². The van der Waals surface area contributed by atoms with E-state index < -0.39 is 0 Å². The first-order valence-electron chi connectivity index (χ1n) is 7.76. The van der Waals surface area contributed by atoms with Crippen molar-refractivity contribution in [3.8, 4) is 11.3 Å². The van der Waals surface area contributed by atoms with E-state index in [1.807, 2.05) is 44.1 Å². The second-order valence-electron chi connectivity index (χ2n) is 5.83. The standard InChI is InChI=1S/C19H18FN3OS/c1-12-17(13-7-9-15(20)10-8-13)21-19(25-12)22-18(24)14-5-4-6-16(11-14)23(2)3/h4-11H,1-3H3,(H,21,22,24). The summed E-state index contributed by atoms with van der Waals surface area (Å²) in [6, 6.07) is 13.6. The topological polar surface area (TPSA) is 45.2 Å². The minimum absolute atomic E-state index is 0.205. The van der Waals surface area contributed by atoms with Gasteiger partial charge in [0.25, 0.3) is 5.91 Å². The maximum atomic E-state index is 13.1. The van der Waals surface area contributed by atoms with Crippen LogP contribution in [0.3, 0.4) is 0 Å². The Bertz CT molecular complexity index is 903. The number of anilines is 2. The smallest absolute Gasteiger partial charge is 0.257 e. The molecular formula is C19H18FN3OS. The second kappa shape index (κ2) is 7.03. The molecule has 0 saturated carbocycles. The largest absolute Gasteiger partial charge is 0.378 e. The predicted octanol–water partition coefficient (Wildman–Crippen LogP) is 4.58. The minimum atomic E-state index is -0.286. The van der Waals surface area contributed by atoms with Crippen LogP contribution in [0, 0.1) is 12.7 Å². The summed E-state index contributed by atoms with van der Waals surface area (Å²) in [7, 11) is 3.85. The quantitative estimate of drug-likeness (QED) is 0.745. The zero-order valence-electron chi connectivity index (χ0n) is 14.2. The highest BCUT2D eigenvalue weighted by Gasteiger charge is 2.14. The molecule has 2 aromatic carbocycles. The van der Waals surface area contributed by atoms with E-state index in [-0.39, 0.29) is 11.7 Å². The number of halogens is 1. The summed E-state index contributed by atoms with van der Waals surface area (Å²) < 4.78 is 13.1. The molecule has 1 aromatic heterocycles. The number of carbonyl (C=O) groups excluding carboxylic acids is 1. The summed E-state index contributed by atoms with van der Waals surface area (Å²) >= 11 is 1.40. The number of rotatable bonds is 4. The van der Waals surface area contributed by atoms with Gasteiger partial charge in [-0.2, -0.15) is 0 Å². The lowest BCUT2D eigenvalue weighted by atomic mass is 10.1. The molecule has 25 heavy (non-hydrogen) atoms. The summed E-state index contributed by atoms with van der Waals surface area (Å²) in [5.41, 5.74) is 3.10. The number of thiazole rings is 1. The van der Waals surface area contributed by atoms with Crippen LogP contribution in [0.2, 0.25) is 0 Å². The molecule has 0 fully saturated rings. The third kappa shape index (κ3) is 3.85. The van der Waals surface area contributed by atoms with Crippen LogP contribution >= 0.6 is 11.3 Å². The van der Waals surface area contributed by atoms with Gasteiger partial charge in [-0.1, -0.05) is 6.07 Å². The fourth-order valence-electron chi connectivity index (χ4n) is 2.42. The van der Waals surface area contributed by atoms with Gasteiger partial charge in [0.1, 0.15) is 5.82 Å². The highest BCUT2D eigenvalue weighted by Crippen LogP contribution is 2.30. The Kier molecular flexibility index (Phi) is 4.81. The second-order valence-corrected chi connectivity index (χ2v) is 7.03. The predicted molar refractivity (Wildman–Crippen MR) is 101 cm³/mol. The Hall–Kier alpha value is -2.73. The highest BCUT2D eigenvalue weighted by atomic mass is 32.1. The lowest BCUT2D eigenvalue weighted by molar-refractivity contribution is 0.102. The van der Waals surface area contributed by atoms with Crippen molar-refractivity contribution < 1.29 is 9.18 Å². The van der Waals surface area contributed by atoms with Crippen LogP contribution in [0.15, 0.2) is 48.5 Å². The van der Waals surface area contributed by atoms with Gasteiger partial charge in [-0.25, -0.2) is 9.37 Å². The van der Waals surface area contributed by atoms with Gasteiger partial charge >= 0.3 is 0 Å². The van der Waals surface area contributed by atoms with Crippen LogP contribution in [0.1, 0.15) is 15.2 Å². The Labute approximate surface area is 150 Å². The van der Waals surface area contributed by atoms with Gasteiger partial charge < -0.3 is 4.90 Å². The van der Waals surface area contributed by atoms with E-state index in [0.29, 0.717) is 10.7 Å². The lowest BCUT2D eigenvalue weighted by Gasteiger charge is -2.13. The summed E-state index contributed by atoms with van der Waals surface area (Å²) in [6.07, 6.45) is 0. The normalized spacial score (nSPS) is 10.6. The summed E-state index contributed by atoms with van der Waals surface area (Å²) in [4.78, 5) is 19.9. The molecule has 0 radical (unpaired) electrons. The molecule has 3 aromatic rings. The monoisotopic (exact) mass is 355 g/mol. The maximum absolute atomic E-state index is 13.1. The summed E-state index contributed by atoms with van der Waals surface area (Å²) in [5.74, 6) is -0.492. The fraction of sp³-hybridized carbons (Fsp3) is 0.158. The number of hydrogen-bond acceptors (Lipinski definition) is 4. The summed E-state index contributed by atoms with van der Waals surface area (Å²) in [5, 5.41) is 3.37. The van der Waals surface area contributed by atoms with Crippen molar-refractivity contribution >= 4 is 28.1 Å². The van der Waals surface area contributed by atoms with E-state index in [4.69, 9.17) is 0 Å². The van der Waals surface area contributed by atoms with Crippen molar-refractivity contribution in [2.24, 2.45) is 0 Å². The number of aryl methyl sites for hydroxylation is 1. The fourth-order valence-corrected chi connectivity index (χ4v) is 3.25. The van der Waals surface area contributed by atoms with Crippen molar-refractivity contribution in [1.82, 2.24) is 4.98 Å². The van der Waals surface area contributed by atoms with E-state index in [1.54, 1.807) is 18.2 Å². The Morgan fingerprint density at radius 3 is 2.56 bits per heavy atom. The van der Waals surface area contributed by atoms with Gasteiger partial charge in [-0.3, -0.25) is 10.1 Å². The molecular weight excluding hydrogens is 337 g/mol. The molecule has 0 aliphatic rings. The number of amides is 1. The van der Waals surface area contributed by atoms with Gasteiger partial charge in [0.05, 0.1) is 5.69 Å². The van der Waals surface area contributed by atoms with E-state index in [0.717, 1.165) is 21.8 Å². The SMILES string of the molecule is Cc1sc(NC(=O)c2cccc(N(C)C)c2)nc1-c1ccc(F)cc1. The van der Waals surface area contributed by atoms with Gasteiger partial charge in [0, 0.05) is 35.8 Å². The van der Waals surface area contributed by atoms with Crippen LogP contribution < -0.4 is 10.2 Å². The highest BCUT2D eigenvalue weighted by molar-refractivity contribution is 7.16. The van der Waals surface area contributed by atoms with Crippen LogP contribution in [-0.4, -0.2) is 25.0 Å². The average Bonchev–Trinajstić information content (AvgIpc) is 2.96. The molecule has 0 aliphatic carbocycles. The first-order chi connectivity index (χ1) is 11.9. The van der Waals surface area contributed by atoms with E-state index >= 15 is 0 Å². The molecule has 6 heteroatoms. The number of nitrogens with zero attached hydrogens (tertiary/aromatic N) is 2. The van der Waals surface area contributed by atoms with Gasteiger partial charge in [0.2, 0.25) is 0 Å². The van der Waals surface area contributed by atoms with Gasteiger partial charge in [-0.05, 0) is 49.4 Å². The van der Waals surface area contributed by atoms with Crippen LogP contribution in [0.4, 0.5) is 15.2 Å². The minimum Gasteiger partial charge on any atom is -0.378 e. The van der Waals surface area contributed by atoms with Crippen molar-refractivity contribution in [1.29, 1.82) is 0 Å². The Balaban J connectivity index is 1.82. The van der Waals surface area contributed by atoms with E-state index in [1.165, 1.54) is 23.5 Å². The van der Waals surface area contributed by atoms with Crippen molar-refractivity contribution in [3.63, 3.8) is 0 Å². The molecule has 4 nitrogen and oxygen atoms in total. The number of hydrogen-bond donors (Lipinski definition) is 1. The molecule has 0 unspecified atom stereocenters. The van der Waals surface area contributed by atoms with Crippen LogP contribution in [0.25, 0.3) is 11.3 Å². The molecule has 0 atom stereocenters. The molecule has 0 bridgehead atoms. The number of nitrogens with one attached hydrogen (secondary N) is 1. The van der Waals surface area contributed by atoms with Crippen molar-refractivity contribution in [3.05, 3.63) is 64.8 Å². The molecule has 1 N–H and O–H groups in total. The number of aromatic nitrogens is 1. The van der Waals surface area contributed by atoms with Gasteiger partial charge in [0.15, 0.2) is 5.13 Å². The van der Waals surface area contributed by atoms with Crippen LogP contribution in [-0.2, 0) is 0 Å². The Morgan fingerprint density at radius 1 is 1.16 bits per heavy atom. The number of benzene rings is 2. The van der Waals surface area contributed by atoms with E-state index in [9.17, 15) is 9.18 Å². The zero-order valence-corrected chi connectivity index (χ0v) is 15.0. The molecule has 0 aliphatic heterocycles. The molecule has 1 amide bonds. The lowest BCUT2D eigenvalue weighted by Crippen LogP contribution is -2.14. The van der Waals surface area contributed by atoms with Crippen molar-refractivity contribution in [2.75, 3.05) is 24.3 Å². The third-order valence-electron chi connectivity index (χ3n) is 3.76. The summed E-state index contributed by atoms with van der Waals surface area (Å²) in [6.45, 7) is 1.93. The van der Waals surface area contributed by atoms with Crippen LogP contribution in [0.5, 0.6) is 0 Å². The molecule has 3 rings (SSSR count). The molecule has 0 spiro atoms. The first-order valence-corrected chi connectivity index (χ1v) is 8.58. The number of carbonyl (C=O) groups is 1. The van der Waals surface area contributed by atoms with E-state index in [2.05, 4.69) is 10.3 Å². The first kappa shape index (κ1) is 17.1.